The van der Waals surface area contributed by atoms with E-state index in [0.717, 1.165) is 28.0 Å². The molecular formula is C23H19N3. The number of para-hydroxylation sites is 1. The number of anilines is 1. The molecule has 0 bridgehead atoms. The van der Waals surface area contributed by atoms with Crippen LogP contribution in [0.5, 0.6) is 0 Å². The Balaban J connectivity index is 1.51. The zero-order valence-corrected chi connectivity index (χ0v) is 14.6. The van der Waals surface area contributed by atoms with Crippen molar-refractivity contribution in [3.05, 3.63) is 96.6 Å². The highest BCUT2D eigenvalue weighted by atomic mass is 15.3. The molecule has 0 amide bonds. The zero-order valence-electron chi connectivity index (χ0n) is 14.6. The highest BCUT2D eigenvalue weighted by Gasteiger charge is 2.01. The molecule has 0 aliphatic rings. The summed E-state index contributed by atoms with van der Waals surface area (Å²) in [5, 5.41) is 5.60. The largest absolute Gasteiger partial charge is 0.261 e. The van der Waals surface area contributed by atoms with Crippen molar-refractivity contribution in [2.75, 3.05) is 5.43 Å². The Morgan fingerprint density at radius 2 is 1.42 bits per heavy atom. The summed E-state index contributed by atoms with van der Waals surface area (Å²) in [7, 11) is 0. The second-order valence-electron chi connectivity index (χ2n) is 6.14. The van der Waals surface area contributed by atoms with Gasteiger partial charge in [-0.3, -0.25) is 5.43 Å². The first-order valence-electron chi connectivity index (χ1n) is 8.61. The zero-order chi connectivity index (χ0) is 17.8. The number of pyridine rings is 1. The molecule has 3 aromatic carbocycles. The number of hydrogen-bond donors (Lipinski definition) is 1. The van der Waals surface area contributed by atoms with E-state index in [1.807, 2.05) is 43.3 Å². The highest BCUT2D eigenvalue weighted by molar-refractivity contribution is 5.99. The summed E-state index contributed by atoms with van der Waals surface area (Å²) in [5.41, 5.74) is 8.43. The molecule has 4 rings (SSSR count). The number of aromatic nitrogens is 1. The molecular weight excluding hydrogens is 318 g/mol. The molecule has 0 spiro atoms. The topological polar surface area (TPSA) is 37.3 Å². The summed E-state index contributed by atoms with van der Waals surface area (Å²) in [4.78, 5) is 4.58. The molecule has 1 heterocycles. The van der Waals surface area contributed by atoms with Crippen LogP contribution in [0, 0.1) is 0 Å². The number of hydrogen-bond acceptors (Lipinski definition) is 3. The van der Waals surface area contributed by atoms with E-state index in [2.05, 4.69) is 70.1 Å². The maximum Gasteiger partial charge on any atom is 0.146 e. The van der Waals surface area contributed by atoms with Gasteiger partial charge in [-0.15, -0.1) is 0 Å². The van der Waals surface area contributed by atoms with Crippen molar-refractivity contribution < 1.29 is 0 Å². The third-order valence-corrected chi connectivity index (χ3v) is 4.35. The Hall–Kier alpha value is -3.46. The Labute approximate surface area is 153 Å². The monoisotopic (exact) mass is 337 g/mol. The van der Waals surface area contributed by atoms with Gasteiger partial charge in [0.2, 0.25) is 0 Å². The van der Waals surface area contributed by atoms with Gasteiger partial charge in [-0.05, 0) is 41.8 Å². The van der Waals surface area contributed by atoms with E-state index in [1.165, 1.54) is 11.1 Å². The fourth-order valence-electron chi connectivity index (χ4n) is 2.87. The van der Waals surface area contributed by atoms with Gasteiger partial charge in [0, 0.05) is 5.39 Å². The lowest BCUT2D eigenvalue weighted by Gasteiger charge is -2.06. The number of benzene rings is 3. The van der Waals surface area contributed by atoms with Gasteiger partial charge >= 0.3 is 0 Å². The van der Waals surface area contributed by atoms with Crippen LogP contribution < -0.4 is 5.43 Å². The molecule has 0 fully saturated rings. The molecule has 26 heavy (non-hydrogen) atoms. The van der Waals surface area contributed by atoms with Crippen LogP contribution in [0.4, 0.5) is 5.82 Å². The van der Waals surface area contributed by atoms with Gasteiger partial charge < -0.3 is 0 Å². The van der Waals surface area contributed by atoms with Gasteiger partial charge in [0.1, 0.15) is 5.82 Å². The molecule has 0 saturated carbocycles. The lowest BCUT2D eigenvalue weighted by molar-refractivity contribution is 1.25. The first-order valence-corrected chi connectivity index (χ1v) is 8.61. The molecule has 1 aromatic heterocycles. The van der Waals surface area contributed by atoms with Crippen molar-refractivity contribution in [2.45, 2.75) is 6.92 Å². The first kappa shape index (κ1) is 16.0. The van der Waals surface area contributed by atoms with Crippen LogP contribution in [0.15, 0.2) is 96.1 Å². The maximum absolute atomic E-state index is 4.58. The molecule has 0 radical (unpaired) electrons. The summed E-state index contributed by atoms with van der Waals surface area (Å²) >= 11 is 0. The second-order valence-corrected chi connectivity index (χ2v) is 6.14. The third kappa shape index (κ3) is 3.47. The third-order valence-electron chi connectivity index (χ3n) is 4.35. The molecule has 3 heteroatoms. The molecule has 3 nitrogen and oxygen atoms in total. The van der Waals surface area contributed by atoms with Gasteiger partial charge in [0.05, 0.1) is 11.2 Å². The van der Waals surface area contributed by atoms with Crippen LogP contribution in [-0.4, -0.2) is 10.7 Å². The molecule has 0 saturated heterocycles. The summed E-state index contributed by atoms with van der Waals surface area (Å²) in [6, 6.07) is 30.8. The number of rotatable bonds is 4. The predicted octanol–water partition coefficient (Wildman–Crippen LogP) is 5.74. The molecule has 0 aliphatic heterocycles. The lowest BCUT2D eigenvalue weighted by atomic mass is 10.0. The summed E-state index contributed by atoms with van der Waals surface area (Å²) in [6.45, 7) is 1.99. The van der Waals surface area contributed by atoms with E-state index in [1.54, 1.807) is 0 Å². The summed E-state index contributed by atoms with van der Waals surface area (Å²) in [5.74, 6) is 0.740. The summed E-state index contributed by atoms with van der Waals surface area (Å²) in [6.07, 6.45) is 0. The minimum Gasteiger partial charge on any atom is -0.261 e. The fourth-order valence-corrected chi connectivity index (χ4v) is 2.87. The average molecular weight is 337 g/mol. The van der Waals surface area contributed by atoms with Crippen molar-refractivity contribution in [1.29, 1.82) is 0 Å². The van der Waals surface area contributed by atoms with Crippen LogP contribution >= 0.6 is 0 Å². The van der Waals surface area contributed by atoms with Gasteiger partial charge in [-0.2, -0.15) is 5.10 Å². The minimum absolute atomic E-state index is 0.740. The van der Waals surface area contributed by atoms with Gasteiger partial charge in [0.25, 0.3) is 0 Å². The number of nitrogens with one attached hydrogen (secondary N) is 1. The quantitative estimate of drug-likeness (QED) is 0.381. The Kier molecular flexibility index (Phi) is 4.44. The molecule has 0 unspecified atom stereocenters. The molecule has 4 aromatic rings. The Morgan fingerprint density at radius 1 is 0.731 bits per heavy atom. The lowest BCUT2D eigenvalue weighted by Crippen LogP contribution is -2.00. The first-order chi connectivity index (χ1) is 12.8. The molecule has 0 atom stereocenters. The van der Waals surface area contributed by atoms with E-state index in [0.29, 0.717) is 0 Å². The number of hydrazone groups is 1. The Bertz CT molecular complexity index is 1050. The SMILES string of the molecule is C/C(=N/Nc1ccc2ccccc2n1)c1ccc(-c2ccccc2)cc1. The van der Waals surface area contributed by atoms with Crippen LogP contribution in [-0.2, 0) is 0 Å². The average Bonchev–Trinajstić information content (AvgIpc) is 2.72. The van der Waals surface area contributed by atoms with E-state index >= 15 is 0 Å². The van der Waals surface area contributed by atoms with Gasteiger partial charge in [0.15, 0.2) is 0 Å². The molecule has 1 N–H and O–H groups in total. The summed E-state index contributed by atoms with van der Waals surface area (Å²) < 4.78 is 0. The van der Waals surface area contributed by atoms with E-state index < -0.39 is 0 Å². The normalized spacial score (nSPS) is 11.5. The highest BCUT2D eigenvalue weighted by Crippen LogP contribution is 2.20. The van der Waals surface area contributed by atoms with E-state index in [9.17, 15) is 0 Å². The van der Waals surface area contributed by atoms with Crippen molar-refractivity contribution >= 4 is 22.4 Å². The minimum atomic E-state index is 0.740. The van der Waals surface area contributed by atoms with Gasteiger partial charge in [-0.25, -0.2) is 4.98 Å². The standard InChI is InChI=1S/C23H19N3/c1-17(18-11-13-20(14-12-18)19-7-3-2-4-8-19)25-26-23-16-15-21-9-5-6-10-22(21)24-23/h2-16H,1H3,(H,24,26)/b25-17-. The van der Waals surface area contributed by atoms with Crippen molar-refractivity contribution in [1.82, 2.24) is 4.98 Å². The Morgan fingerprint density at radius 3 is 2.23 bits per heavy atom. The van der Waals surface area contributed by atoms with Crippen molar-refractivity contribution in [2.24, 2.45) is 5.10 Å². The van der Waals surface area contributed by atoms with E-state index in [4.69, 9.17) is 0 Å². The fraction of sp³-hybridized carbons (Fsp3) is 0.0435. The predicted molar refractivity (Wildman–Crippen MR) is 109 cm³/mol. The van der Waals surface area contributed by atoms with Crippen molar-refractivity contribution in [3.63, 3.8) is 0 Å². The number of nitrogens with zero attached hydrogens (tertiary/aromatic N) is 2. The maximum atomic E-state index is 4.58. The van der Waals surface area contributed by atoms with Gasteiger partial charge in [-0.1, -0.05) is 72.8 Å². The smallest absolute Gasteiger partial charge is 0.146 e. The van der Waals surface area contributed by atoms with Crippen LogP contribution in [0.25, 0.3) is 22.0 Å². The molecule has 0 aliphatic carbocycles. The molecule has 126 valence electrons. The van der Waals surface area contributed by atoms with Crippen LogP contribution in [0.3, 0.4) is 0 Å². The number of fused-ring (bicyclic) bond motifs is 1. The van der Waals surface area contributed by atoms with E-state index in [-0.39, 0.29) is 0 Å². The van der Waals surface area contributed by atoms with Crippen LogP contribution in [0.1, 0.15) is 12.5 Å². The van der Waals surface area contributed by atoms with Crippen molar-refractivity contribution in [3.8, 4) is 11.1 Å². The van der Waals surface area contributed by atoms with Crippen LogP contribution in [0.2, 0.25) is 0 Å². The second kappa shape index (κ2) is 7.19.